The van der Waals surface area contributed by atoms with Gasteiger partial charge in [0.1, 0.15) is 5.82 Å². The minimum Gasteiger partial charge on any atom is -0.481 e. The molecular weight excluding hydrogens is 235 g/mol. The Balaban J connectivity index is 2.72. The second-order valence-electron chi connectivity index (χ2n) is 3.97. The lowest BCUT2D eigenvalue weighted by Gasteiger charge is -2.19. The van der Waals surface area contributed by atoms with Gasteiger partial charge in [0.25, 0.3) is 0 Å². The van der Waals surface area contributed by atoms with Crippen molar-refractivity contribution in [1.29, 1.82) is 5.26 Å². The Labute approximate surface area is 105 Å². The standard InChI is InChI=1S/C13H15FN2O2/c1-2-16(4-3-13(17)18)9-11-5-10(8-15)6-12(14)7-11/h5-7H,2-4,9H2,1H3,(H,17,18). The third kappa shape index (κ3) is 4.52. The average molecular weight is 250 g/mol. The van der Waals surface area contributed by atoms with Crippen LogP contribution >= 0.6 is 0 Å². The molecule has 0 aliphatic heterocycles. The highest BCUT2D eigenvalue weighted by Crippen LogP contribution is 2.11. The van der Waals surface area contributed by atoms with Crippen molar-refractivity contribution < 1.29 is 14.3 Å². The quantitative estimate of drug-likeness (QED) is 0.838. The molecule has 0 saturated carbocycles. The van der Waals surface area contributed by atoms with E-state index >= 15 is 0 Å². The normalized spacial score (nSPS) is 10.3. The molecule has 96 valence electrons. The van der Waals surface area contributed by atoms with E-state index in [1.807, 2.05) is 17.9 Å². The molecule has 0 radical (unpaired) electrons. The molecule has 4 nitrogen and oxygen atoms in total. The monoisotopic (exact) mass is 250 g/mol. The van der Waals surface area contributed by atoms with Crippen LogP contribution in [-0.2, 0) is 11.3 Å². The SMILES string of the molecule is CCN(CCC(=O)O)Cc1cc(F)cc(C#N)c1. The largest absolute Gasteiger partial charge is 0.481 e. The molecule has 0 bridgehead atoms. The fourth-order valence-corrected chi connectivity index (χ4v) is 1.67. The van der Waals surface area contributed by atoms with Crippen LogP contribution in [0.1, 0.15) is 24.5 Å². The lowest BCUT2D eigenvalue weighted by molar-refractivity contribution is -0.137. The van der Waals surface area contributed by atoms with Gasteiger partial charge in [-0.1, -0.05) is 6.92 Å². The summed E-state index contributed by atoms with van der Waals surface area (Å²) in [6.07, 6.45) is 0.0499. The third-order valence-electron chi connectivity index (χ3n) is 2.58. The van der Waals surface area contributed by atoms with Gasteiger partial charge in [0.15, 0.2) is 0 Å². The average Bonchev–Trinajstić information content (AvgIpc) is 2.33. The summed E-state index contributed by atoms with van der Waals surface area (Å²) in [7, 11) is 0. The molecule has 1 N–H and O–H groups in total. The zero-order valence-electron chi connectivity index (χ0n) is 10.2. The summed E-state index contributed by atoms with van der Waals surface area (Å²) in [6.45, 7) is 3.43. The summed E-state index contributed by atoms with van der Waals surface area (Å²) < 4.78 is 13.2. The number of nitriles is 1. The van der Waals surface area contributed by atoms with E-state index < -0.39 is 11.8 Å². The van der Waals surface area contributed by atoms with Crippen LogP contribution in [0.25, 0.3) is 0 Å². The van der Waals surface area contributed by atoms with Crippen molar-refractivity contribution >= 4 is 5.97 Å². The second-order valence-corrected chi connectivity index (χ2v) is 3.97. The maximum absolute atomic E-state index is 13.2. The number of aliphatic carboxylic acids is 1. The van der Waals surface area contributed by atoms with Crippen LogP contribution < -0.4 is 0 Å². The first-order valence-electron chi connectivity index (χ1n) is 5.69. The number of rotatable bonds is 6. The Bertz CT molecular complexity index is 469. The smallest absolute Gasteiger partial charge is 0.304 e. The number of hydrogen-bond acceptors (Lipinski definition) is 3. The lowest BCUT2D eigenvalue weighted by Crippen LogP contribution is -2.25. The number of carboxylic acid groups (broad SMARTS) is 1. The van der Waals surface area contributed by atoms with E-state index in [-0.39, 0.29) is 12.0 Å². The first-order valence-corrected chi connectivity index (χ1v) is 5.69. The lowest BCUT2D eigenvalue weighted by atomic mass is 10.1. The molecule has 0 spiro atoms. The molecule has 1 aromatic carbocycles. The number of carboxylic acids is 1. The summed E-state index contributed by atoms with van der Waals surface area (Å²) in [6, 6.07) is 6.06. The van der Waals surface area contributed by atoms with Gasteiger partial charge in [-0.3, -0.25) is 9.69 Å². The van der Waals surface area contributed by atoms with E-state index in [0.29, 0.717) is 25.2 Å². The fourth-order valence-electron chi connectivity index (χ4n) is 1.67. The van der Waals surface area contributed by atoms with Gasteiger partial charge >= 0.3 is 5.97 Å². The fraction of sp³-hybridized carbons (Fsp3) is 0.385. The van der Waals surface area contributed by atoms with Gasteiger partial charge < -0.3 is 5.11 Å². The van der Waals surface area contributed by atoms with Gasteiger partial charge in [-0.15, -0.1) is 0 Å². The molecule has 0 amide bonds. The van der Waals surface area contributed by atoms with E-state index in [1.54, 1.807) is 6.07 Å². The Morgan fingerprint density at radius 1 is 1.50 bits per heavy atom. The van der Waals surface area contributed by atoms with E-state index in [9.17, 15) is 9.18 Å². The number of nitrogens with zero attached hydrogens (tertiary/aromatic N) is 2. The van der Waals surface area contributed by atoms with E-state index in [4.69, 9.17) is 10.4 Å². The minimum absolute atomic E-state index is 0.0499. The summed E-state index contributed by atoms with van der Waals surface area (Å²) in [5.41, 5.74) is 0.957. The van der Waals surface area contributed by atoms with Crippen molar-refractivity contribution in [2.24, 2.45) is 0 Å². The Hall–Kier alpha value is -1.93. The highest BCUT2D eigenvalue weighted by molar-refractivity contribution is 5.66. The van der Waals surface area contributed by atoms with E-state index in [2.05, 4.69) is 0 Å². The van der Waals surface area contributed by atoms with Crippen molar-refractivity contribution in [3.8, 4) is 6.07 Å². The molecular formula is C13H15FN2O2. The molecule has 5 heteroatoms. The maximum Gasteiger partial charge on any atom is 0.304 e. The zero-order valence-corrected chi connectivity index (χ0v) is 10.2. The predicted molar refractivity (Wildman–Crippen MR) is 64.3 cm³/mol. The third-order valence-corrected chi connectivity index (χ3v) is 2.58. The van der Waals surface area contributed by atoms with Gasteiger partial charge in [-0.05, 0) is 30.3 Å². The van der Waals surface area contributed by atoms with Crippen LogP contribution in [0, 0.1) is 17.1 Å². The molecule has 0 aliphatic carbocycles. The van der Waals surface area contributed by atoms with Crippen molar-refractivity contribution in [3.05, 3.63) is 35.1 Å². The Morgan fingerprint density at radius 2 is 2.22 bits per heavy atom. The van der Waals surface area contributed by atoms with Crippen LogP contribution in [-0.4, -0.2) is 29.1 Å². The van der Waals surface area contributed by atoms with Gasteiger partial charge in [0, 0.05) is 13.1 Å². The highest BCUT2D eigenvalue weighted by Gasteiger charge is 2.08. The molecule has 18 heavy (non-hydrogen) atoms. The first-order chi connectivity index (χ1) is 8.55. The van der Waals surface area contributed by atoms with Crippen molar-refractivity contribution in [2.45, 2.75) is 19.9 Å². The second kappa shape index (κ2) is 6.72. The van der Waals surface area contributed by atoms with Crippen LogP contribution in [0.4, 0.5) is 4.39 Å². The van der Waals surface area contributed by atoms with Gasteiger partial charge in [-0.25, -0.2) is 4.39 Å². The number of halogens is 1. The minimum atomic E-state index is -0.856. The van der Waals surface area contributed by atoms with Crippen molar-refractivity contribution in [2.75, 3.05) is 13.1 Å². The molecule has 1 rings (SSSR count). The summed E-state index contributed by atoms with van der Waals surface area (Å²) in [5, 5.41) is 17.4. The molecule has 0 unspecified atom stereocenters. The summed E-state index contributed by atoms with van der Waals surface area (Å²) >= 11 is 0. The van der Waals surface area contributed by atoms with Crippen LogP contribution in [0.2, 0.25) is 0 Å². The Kier molecular flexibility index (Phi) is 5.28. The number of hydrogen-bond donors (Lipinski definition) is 1. The van der Waals surface area contributed by atoms with Crippen LogP contribution in [0.15, 0.2) is 18.2 Å². The molecule has 0 heterocycles. The molecule has 0 aliphatic rings. The number of benzene rings is 1. The number of carbonyl (C=O) groups is 1. The molecule has 0 atom stereocenters. The Morgan fingerprint density at radius 3 is 2.78 bits per heavy atom. The summed E-state index contributed by atoms with van der Waals surface area (Å²) in [4.78, 5) is 12.4. The molecule has 0 saturated heterocycles. The summed E-state index contributed by atoms with van der Waals surface area (Å²) in [5.74, 6) is -1.30. The van der Waals surface area contributed by atoms with Crippen LogP contribution in [0.3, 0.4) is 0 Å². The first kappa shape index (κ1) is 14.1. The van der Waals surface area contributed by atoms with Crippen molar-refractivity contribution in [3.63, 3.8) is 0 Å². The topological polar surface area (TPSA) is 64.3 Å². The molecule has 0 fully saturated rings. The molecule has 0 aromatic heterocycles. The molecule has 1 aromatic rings. The predicted octanol–water partition coefficient (Wildman–Crippen LogP) is 1.99. The highest BCUT2D eigenvalue weighted by atomic mass is 19.1. The van der Waals surface area contributed by atoms with Gasteiger partial charge in [-0.2, -0.15) is 5.26 Å². The van der Waals surface area contributed by atoms with Gasteiger partial charge in [0.2, 0.25) is 0 Å². The zero-order chi connectivity index (χ0) is 13.5. The van der Waals surface area contributed by atoms with Gasteiger partial charge in [0.05, 0.1) is 18.1 Å². The van der Waals surface area contributed by atoms with Crippen molar-refractivity contribution in [1.82, 2.24) is 4.90 Å². The van der Waals surface area contributed by atoms with Crippen LogP contribution in [0.5, 0.6) is 0 Å². The van der Waals surface area contributed by atoms with E-state index in [0.717, 1.165) is 0 Å². The maximum atomic E-state index is 13.2. The van der Waals surface area contributed by atoms with E-state index in [1.165, 1.54) is 12.1 Å².